The van der Waals surface area contributed by atoms with Gasteiger partial charge in [-0.15, -0.1) is 0 Å². The molecule has 0 spiro atoms. The molecule has 0 aromatic heterocycles. The molecule has 22 heavy (non-hydrogen) atoms. The first kappa shape index (κ1) is 18.3. The second-order valence-corrected chi connectivity index (χ2v) is 9.47. The van der Waals surface area contributed by atoms with E-state index in [-0.39, 0.29) is 13.0 Å². The van der Waals surface area contributed by atoms with Crippen molar-refractivity contribution in [2.24, 2.45) is 0 Å². The third-order valence-corrected chi connectivity index (χ3v) is 5.78. The summed E-state index contributed by atoms with van der Waals surface area (Å²) in [5.41, 5.74) is 1.44. The predicted molar refractivity (Wildman–Crippen MR) is 73.7 cm³/mol. The van der Waals surface area contributed by atoms with Gasteiger partial charge >= 0.3 is 5.97 Å². The number of hydrogen-bond donors (Lipinski definition) is 0. The van der Waals surface area contributed by atoms with E-state index in [1.165, 1.54) is 31.8 Å². The maximum Gasteiger partial charge on any atom is 0.302 e. The molecule has 0 aliphatic rings. The standard InChI is InChI=1S/C14H15F5O2Si/c1-8(20)21-6-4-5-7-22(2,3)14-12(18)10(16)9(15)11(17)13(14)19/h5,7H,4,6H2,1-3H3/b7-5+. The van der Waals surface area contributed by atoms with E-state index in [9.17, 15) is 26.7 Å². The highest BCUT2D eigenvalue weighted by Crippen LogP contribution is 2.20. The average Bonchev–Trinajstić information content (AvgIpc) is 2.42. The SMILES string of the molecule is CC(=O)OCC/C=C/[Si](C)(C)c1c(F)c(F)c(F)c(F)c1F. The highest BCUT2D eigenvalue weighted by molar-refractivity contribution is 6.94. The molecule has 0 aliphatic carbocycles. The lowest BCUT2D eigenvalue weighted by molar-refractivity contribution is -0.140. The lowest BCUT2D eigenvalue weighted by atomic mass is 10.3. The number of ether oxygens (including phenoxy) is 1. The maximum absolute atomic E-state index is 13.8. The second kappa shape index (κ2) is 7.04. The molecular weight excluding hydrogens is 323 g/mol. The molecule has 0 heterocycles. The van der Waals surface area contributed by atoms with Crippen molar-refractivity contribution in [2.45, 2.75) is 26.4 Å². The van der Waals surface area contributed by atoms with E-state index in [1.807, 2.05) is 0 Å². The van der Waals surface area contributed by atoms with Crippen molar-refractivity contribution >= 4 is 19.2 Å². The second-order valence-electron chi connectivity index (χ2n) is 5.20. The molecule has 0 amide bonds. The largest absolute Gasteiger partial charge is 0.466 e. The summed E-state index contributed by atoms with van der Waals surface area (Å²) in [5, 5.41) is -0.771. The van der Waals surface area contributed by atoms with Crippen LogP contribution in [0.4, 0.5) is 22.0 Å². The fraction of sp³-hybridized carbons (Fsp3) is 0.357. The molecule has 0 saturated carbocycles. The van der Waals surface area contributed by atoms with Gasteiger partial charge in [-0.25, -0.2) is 22.0 Å². The van der Waals surface area contributed by atoms with Crippen LogP contribution in [0.3, 0.4) is 0 Å². The van der Waals surface area contributed by atoms with E-state index in [4.69, 9.17) is 0 Å². The van der Waals surface area contributed by atoms with Crippen LogP contribution in [0.15, 0.2) is 11.8 Å². The Morgan fingerprint density at radius 1 is 1.00 bits per heavy atom. The number of esters is 1. The first-order valence-corrected chi connectivity index (χ1v) is 9.50. The van der Waals surface area contributed by atoms with Crippen molar-refractivity contribution in [1.82, 2.24) is 0 Å². The molecule has 0 atom stereocenters. The van der Waals surface area contributed by atoms with Gasteiger partial charge in [0.05, 0.1) is 6.61 Å². The zero-order valence-electron chi connectivity index (χ0n) is 12.3. The number of hydrogen-bond acceptors (Lipinski definition) is 2. The summed E-state index contributed by atoms with van der Waals surface area (Å²) in [4.78, 5) is 10.6. The molecule has 1 aromatic carbocycles. The molecule has 0 bridgehead atoms. The third-order valence-electron chi connectivity index (χ3n) is 2.98. The zero-order chi connectivity index (χ0) is 17.1. The van der Waals surface area contributed by atoms with Crippen LogP contribution >= 0.6 is 0 Å². The minimum atomic E-state index is -3.05. The van der Waals surface area contributed by atoms with Crippen LogP contribution in [0.5, 0.6) is 0 Å². The van der Waals surface area contributed by atoms with E-state index < -0.39 is 48.3 Å². The minimum Gasteiger partial charge on any atom is -0.466 e. The fourth-order valence-corrected chi connectivity index (χ4v) is 4.18. The van der Waals surface area contributed by atoms with Gasteiger partial charge in [0.1, 0.15) is 8.07 Å². The van der Waals surface area contributed by atoms with Gasteiger partial charge in [-0.2, -0.15) is 0 Å². The Balaban J connectivity index is 3.08. The number of carbonyl (C=O) groups is 1. The van der Waals surface area contributed by atoms with Gasteiger partial charge in [-0.3, -0.25) is 4.79 Å². The van der Waals surface area contributed by atoms with Crippen LogP contribution in [0.2, 0.25) is 13.1 Å². The van der Waals surface area contributed by atoms with Crippen molar-refractivity contribution in [3.63, 3.8) is 0 Å². The third kappa shape index (κ3) is 3.94. The lowest BCUT2D eigenvalue weighted by Gasteiger charge is -2.21. The molecule has 8 heteroatoms. The molecular formula is C14H15F5O2Si. The number of rotatable bonds is 5. The van der Waals surface area contributed by atoms with Crippen molar-refractivity contribution in [3.8, 4) is 0 Å². The van der Waals surface area contributed by atoms with Gasteiger partial charge in [0.15, 0.2) is 23.3 Å². The van der Waals surface area contributed by atoms with Crippen molar-refractivity contribution in [2.75, 3.05) is 6.61 Å². The van der Waals surface area contributed by atoms with Gasteiger partial charge in [0, 0.05) is 12.1 Å². The monoisotopic (exact) mass is 338 g/mol. The summed E-state index contributed by atoms with van der Waals surface area (Å²) < 4.78 is 71.8. The summed E-state index contributed by atoms with van der Waals surface area (Å²) in [6.45, 7) is 4.21. The Hall–Kier alpha value is -1.70. The predicted octanol–water partition coefficient (Wildman–Crippen LogP) is 3.35. The first-order valence-electron chi connectivity index (χ1n) is 6.42. The van der Waals surface area contributed by atoms with Gasteiger partial charge < -0.3 is 4.74 Å². The molecule has 0 N–H and O–H groups in total. The van der Waals surface area contributed by atoms with Crippen LogP contribution in [0.1, 0.15) is 13.3 Å². The number of benzene rings is 1. The summed E-state index contributed by atoms with van der Waals surface area (Å²) in [6.07, 6.45) is 1.79. The van der Waals surface area contributed by atoms with Crippen molar-refractivity contribution < 1.29 is 31.5 Å². The van der Waals surface area contributed by atoms with E-state index in [2.05, 4.69) is 4.74 Å². The molecule has 2 nitrogen and oxygen atoms in total. The van der Waals surface area contributed by atoms with E-state index >= 15 is 0 Å². The Labute approximate surface area is 125 Å². The molecule has 122 valence electrons. The normalized spacial score (nSPS) is 12.0. The Kier molecular flexibility index (Phi) is 5.87. The zero-order valence-corrected chi connectivity index (χ0v) is 13.3. The van der Waals surface area contributed by atoms with Crippen molar-refractivity contribution in [3.05, 3.63) is 40.9 Å². The smallest absolute Gasteiger partial charge is 0.302 e. The number of halogens is 5. The molecule has 0 unspecified atom stereocenters. The maximum atomic E-state index is 13.8. The van der Waals surface area contributed by atoms with Crippen molar-refractivity contribution in [1.29, 1.82) is 0 Å². The van der Waals surface area contributed by atoms with E-state index in [0.717, 1.165) is 0 Å². The molecule has 0 aliphatic heterocycles. The topological polar surface area (TPSA) is 26.3 Å². The molecule has 0 radical (unpaired) electrons. The highest BCUT2D eigenvalue weighted by atomic mass is 28.3. The Bertz CT molecular complexity index is 585. The van der Waals surface area contributed by atoms with Crippen LogP contribution in [-0.2, 0) is 9.53 Å². The Morgan fingerprint density at radius 2 is 1.45 bits per heavy atom. The van der Waals surface area contributed by atoms with Gasteiger partial charge in [0.2, 0.25) is 5.82 Å². The molecule has 0 saturated heterocycles. The molecule has 1 rings (SSSR count). The quantitative estimate of drug-likeness (QED) is 0.206. The van der Waals surface area contributed by atoms with E-state index in [0.29, 0.717) is 0 Å². The van der Waals surface area contributed by atoms with E-state index in [1.54, 1.807) is 0 Å². The van der Waals surface area contributed by atoms with Crippen LogP contribution in [-0.4, -0.2) is 20.7 Å². The summed E-state index contributed by atoms with van der Waals surface area (Å²) in [6, 6.07) is 0. The Morgan fingerprint density at radius 3 is 1.91 bits per heavy atom. The lowest BCUT2D eigenvalue weighted by Crippen LogP contribution is -2.45. The van der Waals surface area contributed by atoms with Gasteiger partial charge in [-0.05, 0) is 6.42 Å². The minimum absolute atomic E-state index is 0.0768. The van der Waals surface area contributed by atoms with Gasteiger partial charge in [-0.1, -0.05) is 24.9 Å². The highest BCUT2D eigenvalue weighted by Gasteiger charge is 2.34. The fourth-order valence-electron chi connectivity index (χ4n) is 1.90. The summed E-state index contributed by atoms with van der Waals surface area (Å²) >= 11 is 0. The number of carbonyl (C=O) groups excluding carboxylic acids is 1. The van der Waals surface area contributed by atoms with Gasteiger partial charge in [0.25, 0.3) is 0 Å². The average molecular weight is 338 g/mol. The first-order chi connectivity index (χ1) is 10.1. The van der Waals surface area contributed by atoms with Crippen LogP contribution in [0, 0.1) is 29.1 Å². The molecule has 1 aromatic rings. The van der Waals surface area contributed by atoms with Crippen LogP contribution < -0.4 is 5.19 Å². The van der Waals surface area contributed by atoms with Crippen LogP contribution in [0.25, 0.3) is 0 Å². The summed E-state index contributed by atoms with van der Waals surface area (Å²) in [5.74, 6) is -10.1. The molecule has 0 fully saturated rings. The summed E-state index contributed by atoms with van der Waals surface area (Å²) in [7, 11) is -3.05.